The fourth-order valence-electron chi connectivity index (χ4n) is 1.21. The Labute approximate surface area is 92.6 Å². The molecule has 0 aliphatic carbocycles. The number of aryl methyl sites for hydroxylation is 1. The van der Waals surface area contributed by atoms with Gasteiger partial charge in [-0.15, -0.1) is 0 Å². The lowest BCUT2D eigenvalue weighted by atomic mass is 10.1. The minimum absolute atomic E-state index is 0.270. The Morgan fingerprint density at radius 2 is 1.81 bits per heavy atom. The van der Waals surface area contributed by atoms with Gasteiger partial charge in [0.25, 0.3) is 0 Å². The standard InChI is InChI=1S/C10H12N2O4/c1-6-11-5-4-7(12-6)8(9(13)15-2)10(14)16-3/h4-5,8H,1-3H3. The summed E-state index contributed by atoms with van der Waals surface area (Å²) in [6.45, 7) is 1.66. The molecule has 6 nitrogen and oxygen atoms in total. The monoisotopic (exact) mass is 224 g/mol. The third-order valence-electron chi connectivity index (χ3n) is 1.97. The van der Waals surface area contributed by atoms with E-state index in [2.05, 4.69) is 19.4 Å². The zero-order valence-corrected chi connectivity index (χ0v) is 9.26. The first-order chi connectivity index (χ1) is 7.60. The predicted octanol–water partition coefficient (Wildman–Crippen LogP) is 0.215. The maximum Gasteiger partial charge on any atom is 0.326 e. The van der Waals surface area contributed by atoms with Crippen molar-refractivity contribution in [1.82, 2.24) is 9.97 Å². The van der Waals surface area contributed by atoms with Crippen molar-refractivity contribution in [3.8, 4) is 0 Å². The smallest absolute Gasteiger partial charge is 0.326 e. The molecule has 0 fully saturated rings. The van der Waals surface area contributed by atoms with Crippen LogP contribution in [0.2, 0.25) is 0 Å². The normalized spacial score (nSPS) is 10.0. The molecule has 0 unspecified atom stereocenters. The number of ether oxygens (including phenoxy) is 2. The van der Waals surface area contributed by atoms with Crippen molar-refractivity contribution in [1.29, 1.82) is 0 Å². The summed E-state index contributed by atoms with van der Waals surface area (Å²) in [7, 11) is 2.40. The highest BCUT2D eigenvalue weighted by atomic mass is 16.5. The Kier molecular flexibility index (Phi) is 3.93. The van der Waals surface area contributed by atoms with Crippen molar-refractivity contribution < 1.29 is 19.1 Å². The van der Waals surface area contributed by atoms with Gasteiger partial charge < -0.3 is 9.47 Å². The van der Waals surface area contributed by atoms with Crippen LogP contribution >= 0.6 is 0 Å². The SMILES string of the molecule is COC(=O)C(C(=O)OC)c1ccnc(C)n1. The lowest BCUT2D eigenvalue weighted by Crippen LogP contribution is -2.25. The van der Waals surface area contributed by atoms with Crippen LogP contribution in [0.25, 0.3) is 0 Å². The maximum atomic E-state index is 11.4. The van der Waals surface area contributed by atoms with E-state index in [9.17, 15) is 9.59 Å². The van der Waals surface area contributed by atoms with Crippen LogP contribution in [0.3, 0.4) is 0 Å². The largest absolute Gasteiger partial charge is 0.468 e. The van der Waals surface area contributed by atoms with Crippen LogP contribution in [0.5, 0.6) is 0 Å². The Bertz CT molecular complexity index is 390. The fourth-order valence-corrected chi connectivity index (χ4v) is 1.21. The molecule has 1 heterocycles. The highest BCUT2D eigenvalue weighted by Crippen LogP contribution is 2.16. The van der Waals surface area contributed by atoms with E-state index in [-0.39, 0.29) is 5.69 Å². The molecule has 1 aromatic heterocycles. The molecule has 0 bridgehead atoms. The Morgan fingerprint density at radius 1 is 1.25 bits per heavy atom. The highest BCUT2D eigenvalue weighted by Gasteiger charge is 2.31. The van der Waals surface area contributed by atoms with Crippen molar-refractivity contribution in [3.63, 3.8) is 0 Å². The van der Waals surface area contributed by atoms with Crippen molar-refractivity contribution in [2.75, 3.05) is 14.2 Å². The predicted molar refractivity (Wildman–Crippen MR) is 53.5 cm³/mol. The molecular weight excluding hydrogens is 212 g/mol. The van der Waals surface area contributed by atoms with E-state index in [0.29, 0.717) is 5.82 Å². The van der Waals surface area contributed by atoms with E-state index in [1.54, 1.807) is 6.92 Å². The van der Waals surface area contributed by atoms with Crippen molar-refractivity contribution >= 4 is 11.9 Å². The number of nitrogens with zero attached hydrogens (tertiary/aromatic N) is 2. The van der Waals surface area contributed by atoms with E-state index >= 15 is 0 Å². The van der Waals surface area contributed by atoms with Gasteiger partial charge in [0.15, 0.2) is 5.92 Å². The van der Waals surface area contributed by atoms with Crippen molar-refractivity contribution in [2.45, 2.75) is 12.8 Å². The van der Waals surface area contributed by atoms with Gasteiger partial charge in [0.2, 0.25) is 0 Å². The molecule has 0 saturated heterocycles. The second-order valence-electron chi connectivity index (χ2n) is 3.01. The molecule has 6 heteroatoms. The quantitative estimate of drug-likeness (QED) is 0.539. The average molecular weight is 224 g/mol. The third kappa shape index (κ3) is 2.53. The summed E-state index contributed by atoms with van der Waals surface area (Å²) in [6.07, 6.45) is 1.47. The van der Waals surface area contributed by atoms with Crippen LogP contribution < -0.4 is 0 Å². The minimum Gasteiger partial charge on any atom is -0.468 e. The molecule has 1 aromatic rings. The van der Waals surface area contributed by atoms with Gasteiger partial charge >= 0.3 is 11.9 Å². The van der Waals surface area contributed by atoms with Gasteiger partial charge in [-0.25, -0.2) is 9.97 Å². The second-order valence-corrected chi connectivity index (χ2v) is 3.01. The van der Waals surface area contributed by atoms with Gasteiger partial charge in [-0.2, -0.15) is 0 Å². The molecule has 0 radical (unpaired) electrons. The Hall–Kier alpha value is -1.98. The van der Waals surface area contributed by atoms with Crippen LogP contribution in [0.1, 0.15) is 17.4 Å². The number of carbonyl (C=O) groups is 2. The van der Waals surface area contributed by atoms with Crippen LogP contribution in [0, 0.1) is 6.92 Å². The molecule has 0 saturated carbocycles. The number of aromatic nitrogens is 2. The Morgan fingerprint density at radius 3 is 2.25 bits per heavy atom. The first-order valence-electron chi connectivity index (χ1n) is 4.55. The highest BCUT2D eigenvalue weighted by molar-refractivity contribution is 6.00. The van der Waals surface area contributed by atoms with Gasteiger partial charge in [-0.3, -0.25) is 9.59 Å². The van der Waals surface area contributed by atoms with Crippen LogP contribution in [-0.4, -0.2) is 36.1 Å². The lowest BCUT2D eigenvalue weighted by Gasteiger charge is -2.11. The minimum atomic E-state index is -1.16. The van der Waals surface area contributed by atoms with E-state index < -0.39 is 17.9 Å². The molecule has 0 atom stereocenters. The fraction of sp³-hybridized carbons (Fsp3) is 0.400. The van der Waals surface area contributed by atoms with Crippen LogP contribution in [0.15, 0.2) is 12.3 Å². The first-order valence-corrected chi connectivity index (χ1v) is 4.55. The van der Waals surface area contributed by atoms with Gasteiger partial charge in [-0.1, -0.05) is 0 Å². The maximum absolute atomic E-state index is 11.4. The molecule has 0 amide bonds. The second kappa shape index (κ2) is 5.20. The van der Waals surface area contributed by atoms with Gasteiger partial charge in [-0.05, 0) is 13.0 Å². The van der Waals surface area contributed by atoms with Gasteiger partial charge in [0.05, 0.1) is 19.9 Å². The van der Waals surface area contributed by atoms with Crippen LogP contribution in [-0.2, 0) is 19.1 Å². The summed E-state index contributed by atoms with van der Waals surface area (Å²) >= 11 is 0. The molecule has 0 aliphatic rings. The van der Waals surface area contributed by atoms with Gasteiger partial charge in [0, 0.05) is 6.20 Å². The van der Waals surface area contributed by atoms with Gasteiger partial charge in [0.1, 0.15) is 5.82 Å². The van der Waals surface area contributed by atoms with E-state index in [0.717, 1.165) is 0 Å². The molecule has 0 aliphatic heterocycles. The zero-order valence-electron chi connectivity index (χ0n) is 9.26. The number of hydrogen-bond acceptors (Lipinski definition) is 6. The number of rotatable bonds is 3. The molecular formula is C10H12N2O4. The van der Waals surface area contributed by atoms with Crippen molar-refractivity contribution in [3.05, 3.63) is 23.8 Å². The molecule has 16 heavy (non-hydrogen) atoms. The summed E-state index contributed by atoms with van der Waals surface area (Å²) in [5.74, 6) is -2.10. The summed E-state index contributed by atoms with van der Waals surface area (Å²) in [6, 6.07) is 1.48. The number of hydrogen-bond donors (Lipinski definition) is 0. The van der Waals surface area contributed by atoms with E-state index in [4.69, 9.17) is 0 Å². The summed E-state index contributed by atoms with van der Waals surface area (Å²) in [5, 5.41) is 0. The van der Waals surface area contributed by atoms with E-state index in [1.807, 2.05) is 0 Å². The average Bonchev–Trinajstić information content (AvgIpc) is 2.29. The number of methoxy groups -OCH3 is 2. The topological polar surface area (TPSA) is 78.4 Å². The molecule has 0 aromatic carbocycles. The number of carbonyl (C=O) groups excluding carboxylic acids is 2. The summed E-state index contributed by atoms with van der Waals surface area (Å²) in [5.41, 5.74) is 0.270. The summed E-state index contributed by atoms with van der Waals surface area (Å²) in [4.78, 5) is 30.8. The van der Waals surface area contributed by atoms with E-state index in [1.165, 1.54) is 26.5 Å². The number of esters is 2. The first kappa shape index (κ1) is 12.1. The third-order valence-corrected chi connectivity index (χ3v) is 1.97. The summed E-state index contributed by atoms with van der Waals surface area (Å²) < 4.78 is 9.06. The van der Waals surface area contributed by atoms with Crippen LogP contribution in [0.4, 0.5) is 0 Å². The Balaban J connectivity index is 3.10. The lowest BCUT2D eigenvalue weighted by molar-refractivity contribution is -0.154. The van der Waals surface area contributed by atoms with Crippen molar-refractivity contribution in [2.24, 2.45) is 0 Å². The molecule has 86 valence electrons. The molecule has 0 N–H and O–H groups in total. The molecule has 0 spiro atoms. The zero-order chi connectivity index (χ0) is 12.1. The molecule has 1 rings (SSSR count).